The number of benzene rings is 1. The number of nitrogens with one attached hydrogen (secondary N) is 2. The summed E-state index contributed by atoms with van der Waals surface area (Å²) in [7, 11) is 0. The van der Waals surface area contributed by atoms with Crippen LogP contribution in [0.3, 0.4) is 0 Å². The van der Waals surface area contributed by atoms with Crippen LogP contribution in [-0.4, -0.2) is 21.0 Å². The molecule has 7 nitrogen and oxygen atoms in total. The number of nitro benzene ring substituents is 1. The first kappa shape index (κ1) is 15.0. The minimum Gasteiger partial charge on any atom is -0.305 e. The van der Waals surface area contributed by atoms with Crippen molar-refractivity contribution >= 4 is 23.0 Å². The third-order valence-electron chi connectivity index (χ3n) is 3.78. The number of non-ortho nitro benzene ring substituents is 1. The van der Waals surface area contributed by atoms with Gasteiger partial charge in [0, 0.05) is 35.4 Å². The molecule has 23 heavy (non-hydrogen) atoms. The molecule has 1 aliphatic carbocycles. The van der Waals surface area contributed by atoms with Crippen LogP contribution in [0.1, 0.15) is 36.9 Å². The van der Waals surface area contributed by atoms with Gasteiger partial charge in [-0.05, 0) is 37.5 Å². The van der Waals surface area contributed by atoms with Gasteiger partial charge in [-0.3, -0.25) is 20.0 Å². The highest BCUT2D eigenvalue weighted by atomic mass is 16.6. The second kappa shape index (κ2) is 6.04. The molecule has 0 bridgehead atoms. The van der Waals surface area contributed by atoms with Crippen LogP contribution in [0.15, 0.2) is 36.4 Å². The number of carbonyl (C=O) groups is 1. The molecule has 0 spiro atoms. The van der Waals surface area contributed by atoms with Gasteiger partial charge in [-0.25, -0.2) is 0 Å². The molecule has 0 aliphatic heterocycles. The lowest BCUT2D eigenvalue weighted by atomic mass is 10.0. The molecule has 7 heteroatoms. The van der Waals surface area contributed by atoms with Gasteiger partial charge in [0.05, 0.1) is 4.92 Å². The monoisotopic (exact) mass is 312 g/mol. The van der Waals surface area contributed by atoms with Crippen molar-refractivity contribution in [2.75, 3.05) is 5.32 Å². The summed E-state index contributed by atoms with van der Waals surface area (Å²) in [6, 6.07) is 7.73. The Morgan fingerprint density at radius 1 is 1.39 bits per heavy atom. The van der Waals surface area contributed by atoms with Gasteiger partial charge in [0.25, 0.3) is 11.6 Å². The van der Waals surface area contributed by atoms with Gasteiger partial charge in [-0.1, -0.05) is 6.08 Å². The number of nitro groups is 1. The molecule has 1 aromatic carbocycles. The molecular formula is C16H16N4O3. The number of H-pyrrole nitrogens is 1. The minimum atomic E-state index is -0.470. The van der Waals surface area contributed by atoms with E-state index in [1.807, 2.05) is 6.07 Å². The zero-order chi connectivity index (χ0) is 16.4. The molecule has 118 valence electrons. The zero-order valence-electron chi connectivity index (χ0n) is 12.6. The highest BCUT2D eigenvalue weighted by molar-refractivity contribution is 6.25. The number of aromatic amines is 1. The maximum Gasteiger partial charge on any atom is 0.269 e. The maximum absolute atomic E-state index is 12.4. The van der Waals surface area contributed by atoms with Gasteiger partial charge >= 0.3 is 0 Å². The normalized spacial score (nSPS) is 14.6. The van der Waals surface area contributed by atoms with Crippen molar-refractivity contribution in [1.29, 1.82) is 0 Å². The summed E-state index contributed by atoms with van der Waals surface area (Å²) in [5, 5.41) is 20.5. The van der Waals surface area contributed by atoms with Crippen LogP contribution in [0.2, 0.25) is 0 Å². The van der Waals surface area contributed by atoms with Crippen LogP contribution in [0.25, 0.3) is 5.57 Å². The summed E-state index contributed by atoms with van der Waals surface area (Å²) in [6.07, 6.45) is 3.97. The Morgan fingerprint density at radius 3 is 2.65 bits per heavy atom. The predicted molar refractivity (Wildman–Crippen MR) is 85.9 cm³/mol. The number of allylic oxidation sites excluding steroid dienone is 1. The van der Waals surface area contributed by atoms with Crippen LogP contribution in [-0.2, 0) is 4.79 Å². The van der Waals surface area contributed by atoms with E-state index in [2.05, 4.69) is 15.5 Å². The first-order valence-corrected chi connectivity index (χ1v) is 7.36. The molecule has 1 aromatic heterocycles. The average Bonchev–Trinajstić information content (AvgIpc) is 3.29. The molecule has 1 aliphatic rings. The summed E-state index contributed by atoms with van der Waals surface area (Å²) in [4.78, 5) is 22.6. The van der Waals surface area contributed by atoms with Crippen molar-refractivity contribution in [3.8, 4) is 0 Å². The van der Waals surface area contributed by atoms with E-state index in [1.54, 1.807) is 25.1 Å². The van der Waals surface area contributed by atoms with Crippen LogP contribution in [0.4, 0.5) is 11.5 Å². The lowest BCUT2D eigenvalue weighted by Gasteiger charge is -2.06. The van der Waals surface area contributed by atoms with Gasteiger partial charge in [0.15, 0.2) is 5.82 Å². The molecule has 2 N–H and O–H groups in total. The van der Waals surface area contributed by atoms with E-state index in [4.69, 9.17) is 0 Å². The van der Waals surface area contributed by atoms with Crippen molar-refractivity contribution < 1.29 is 9.72 Å². The summed E-state index contributed by atoms with van der Waals surface area (Å²) < 4.78 is 0. The Balaban J connectivity index is 1.73. The first-order chi connectivity index (χ1) is 11.1. The SMILES string of the molecule is CC=C(C(=O)Nc1cc(C2CC2)[nH]n1)c1ccc([N+](=O)[O-])cc1. The van der Waals surface area contributed by atoms with Gasteiger partial charge in [-0.15, -0.1) is 0 Å². The number of nitrogens with zero attached hydrogens (tertiary/aromatic N) is 2. The Labute approximate surface area is 132 Å². The molecule has 0 unspecified atom stereocenters. The van der Waals surface area contributed by atoms with Crippen molar-refractivity contribution in [3.63, 3.8) is 0 Å². The number of rotatable bonds is 5. The quantitative estimate of drug-likeness (QED) is 0.502. The van der Waals surface area contributed by atoms with Crippen LogP contribution in [0.5, 0.6) is 0 Å². The Morgan fingerprint density at radius 2 is 2.09 bits per heavy atom. The van der Waals surface area contributed by atoms with E-state index in [1.165, 1.54) is 12.1 Å². The molecule has 1 saturated carbocycles. The highest BCUT2D eigenvalue weighted by Gasteiger charge is 2.26. The van der Waals surface area contributed by atoms with Crippen molar-refractivity contribution in [2.24, 2.45) is 0 Å². The average molecular weight is 312 g/mol. The summed E-state index contributed by atoms with van der Waals surface area (Å²) in [5.41, 5.74) is 2.09. The van der Waals surface area contributed by atoms with Gasteiger partial charge in [0.1, 0.15) is 0 Å². The number of hydrogen-bond donors (Lipinski definition) is 2. The smallest absolute Gasteiger partial charge is 0.269 e. The van der Waals surface area contributed by atoms with E-state index in [0.717, 1.165) is 18.5 Å². The molecule has 1 amide bonds. The van der Waals surface area contributed by atoms with Crippen molar-refractivity contribution in [2.45, 2.75) is 25.7 Å². The summed E-state index contributed by atoms with van der Waals surface area (Å²) in [6.45, 7) is 1.75. The third-order valence-corrected chi connectivity index (χ3v) is 3.78. The predicted octanol–water partition coefficient (Wildman–Crippen LogP) is 3.24. The third kappa shape index (κ3) is 3.28. The first-order valence-electron chi connectivity index (χ1n) is 7.36. The maximum atomic E-state index is 12.4. The number of aromatic nitrogens is 2. The van der Waals surface area contributed by atoms with E-state index in [9.17, 15) is 14.9 Å². The number of amides is 1. The molecular weight excluding hydrogens is 296 g/mol. The van der Waals surface area contributed by atoms with Crippen LogP contribution < -0.4 is 5.32 Å². The van der Waals surface area contributed by atoms with Crippen LogP contribution in [0, 0.1) is 10.1 Å². The van der Waals surface area contributed by atoms with Gasteiger partial charge < -0.3 is 5.32 Å². The van der Waals surface area contributed by atoms with E-state index < -0.39 is 4.92 Å². The molecule has 0 radical (unpaired) electrons. The second-order valence-corrected chi connectivity index (χ2v) is 5.44. The van der Waals surface area contributed by atoms with Crippen LogP contribution >= 0.6 is 0 Å². The van der Waals surface area contributed by atoms with Crippen molar-refractivity contribution in [3.05, 3.63) is 57.8 Å². The van der Waals surface area contributed by atoms with Gasteiger partial charge in [0.2, 0.25) is 0 Å². The fraction of sp³-hybridized carbons (Fsp3) is 0.250. The Bertz CT molecular complexity index is 773. The summed E-state index contributed by atoms with van der Waals surface area (Å²) in [5.74, 6) is 0.720. The largest absolute Gasteiger partial charge is 0.305 e. The van der Waals surface area contributed by atoms with Crippen molar-refractivity contribution in [1.82, 2.24) is 10.2 Å². The molecule has 1 fully saturated rings. The minimum absolute atomic E-state index is 0.00834. The molecule has 1 heterocycles. The van der Waals surface area contributed by atoms with Gasteiger partial charge in [-0.2, -0.15) is 5.10 Å². The molecule has 0 saturated heterocycles. The standard InChI is InChI=1S/C16H16N4O3/c1-2-13(10-5-7-12(8-6-10)20(22)23)16(21)17-15-9-14(18-19-15)11-3-4-11/h2,5-9,11H,3-4H2,1H3,(H2,17,18,19,21). The van der Waals surface area contributed by atoms with E-state index >= 15 is 0 Å². The van der Waals surface area contributed by atoms with E-state index in [-0.39, 0.29) is 11.6 Å². The fourth-order valence-electron chi connectivity index (χ4n) is 2.38. The number of carbonyl (C=O) groups excluding carboxylic acids is 1. The Hall–Kier alpha value is -2.96. The second-order valence-electron chi connectivity index (χ2n) is 5.44. The zero-order valence-corrected chi connectivity index (χ0v) is 12.6. The lowest BCUT2D eigenvalue weighted by Crippen LogP contribution is -2.13. The highest BCUT2D eigenvalue weighted by Crippen LogP contribution is 2.39. The lowest BCUT2D eigenvalue weighted by molar-refractivity contribution is -0.384. The number of anilines is 1. The molecule has 0 atom stereocenters. The molecule has 2 aromatic rings. The molecule has 3 rings (SSSR count). The van der Waals surface area contributed by atoms with E-state index in [0.29, 0.717) is 22.9 Å². The fourth-order valence-corrected chi connectivity index (χ4v) is 2.38. The number of hydrogen-bond acceptors (Lipinski definition) is 4. The Kier molecular flexibility index (Phi) is 3.92. The summed E-state index contributed by atoms with van der Waals surface area (Å²) >= 11 is 0. The topological polar surface area (TPSA) is 101 Å².